The molecule has 192 valence electrons. The monoisotopic (exact) mass is 513 g/mol. The number of fused-ring (bicyclic) bond motifs is 1. The molecule has 0 amide bonds. The van der Waals surface area contributed by atoms with Crippen molar-refractivity contribution in [3.63, 3.8) is 0 Å². The summed E-state index contributed by atoms with van der Waals surface area (Å²) in [6.07, 6.45) is 3.92. The molecule has 3 heterocycles. The number of aliphatic imine (C=N–C) groups is 2. The van der Waals surface area contributed by atoms with Crippen LogP contribution in [-0.4, -0.2) is 96.6 Å². The molecule has 0 aliphatic carbocycles. The molecule has 0 bridgehead atoms. The molecule has 2 aliphatic rings. The van der Waals surface area contributed by atoms with Gasteiger partial charge in [-0.15, -0.1) is 0 Å². The minimum Gasteiger partial charge on any atom is -0.448 e. The first kappa shape index (κ1) is 26.3. The Morgan fingerprint density at radius 3 is 2.49 bits per heavy atom. The highest BCUT2D eigenvalue weighted by molar-refractivity contribution is 6.15. The van der Waals surface area contributed by atoms with Crippen LogP contribution in [0.1, 0.15) is 27.4 Å². The number of hydrogen-bond acceptors (Lipinski definition) is 15. The van der Waals surface area contributed by atoms with E-state index in [1.165, 1.54) is 12.4 Å². The number of amidine groups is 1. The maximum atomic E-state index is 11.3. The lowest BCUT2D eigenvalue weighted by molar-refractivity contribution is -0.598. The summed E-state index contributed by atoms with van der Waals surface area (Å²) in [7, 11) is 5.29. The molecule has 2 aromatic rings. The summed E-state index contributed by atoms with van der Waals surface area (Å²) in [4.78, 5) is 19.0. The zero-order chi connectivity index (χ0) is 27.2. The number of allylic oxidation sites excluding steroid dienone is 1. The lowest BCUT2D eigenvalue weighted by Crippen LogP contribution is -2.85. The molecular formula is C21H20BN5O10. The summed E-state index contributed by atoms with van der Waals surface area (Å²) in [6, 6.07) is 8.24. The van der Waals surface area contributed by atoms with Crippen molar-refractivity contribution in [3.8, 4) is 0 Å². The fraction of sp³-hybridized carbons (Fsp3) is 0.238. The van der Waals surface area contributed by atoms with E-state index < -0.39 is 40.0 Å². The van der Waals surface area contributed by atoms with Crippen LogP contribution in [0.2, 0.25) is 0 Å². The van der Waals surface area contributed by atoms with Crippen molar-refractivity contribution in [2.24, 2.45) is 15.1 Å². The molecule has 1 unspecified atom stereocenters. The van der Waals surface area contributed by atoms with E-state index in [9.17, 15) is 40.5 Å². The smallest absolute Gasteiger partial charge is 0.360 e. The van der Waals surface area contributed by atoms with Crippen molar-refractivity contribution < 1.29 is 49.7 Å². The molecule has 2 aliphatic heterocycles. The number of aryl methyl sites for hydroxylation is 1. The van der Waals surface area contributed by atoms with Crippen molar-refractivity contribution in [1.82, 2.24) is 10.3 Å². The molecule has 2 radical (unpaired) electrons. The Hall–Kier alpha value is -3.74. The molecule has 1 fully saturated rings. The number of hydrogen-bond donors (Lipinski definition) is 8. The molecular weight excluding hydrogens is 493 g/mol. The maximum Gasteiger partial charge on any atom is 0.360 e. The van der Waals surface area contributed by atoms with E-state index in [2.05, 4.69) is 25.2 Å². The lowest BCUT2D eigenvalue weighted by atomic mass is 9.87. The molecule has 8 N–H and O–H groups in total. The Morgan fingerprint density at radius 1 is 1.08 bits per heavy atom. The van der Waals surface area contributed by atoms with Crippen molar-refractivity contribution in [1.29, 1.82) is 0 Å². The van der Waals surface area contributed by atoms with Crippen LogP contribution in [-0.2, 0) is 4.74 Å². The quantitative estimate of drug-likeness (QED) is 0.118. The molecule has 0 spiro atoms. The first-order valence-corrected chi connectivity index (χ1v) is 10.3. The van der Waals surface area contributed by atoms with Gasteiger partial charge in [0.25, 0.3) is 5.91 Å². The second kappa shape index (κ2) is 8.98. The molecule has 1 saturated heterocycles. The maximum absolute atomic E-state index is 11.3. The number of hydrazone groups is 1. The van der Waals surface area contributed by atoms with Crippen LogP contribution in [0, 0.1) is 6.92 Å². The van der Waals surface area contributed by atoms with Crippen molar-refractivity contribution in [2.45, 2.75) is 30.4 Å². The minimum absolute atomic E-state index is 0.246. The SMILES string of the molecule is [B]C1(O)OC(O)(O)C(O)(O)N(/C2=N/N/C=C(/c3cccc(C)c3)C=NC=Nc3cc(C=O)oc32)C1(O)O. The van der Waals surface area contributed by atoms with E-state index in [4.69, 9.17) is 12.3 Å². The molecule has 16 heteroatoms. The van der Waals surface area contributed by atoms with Gasteiger partial charge in [0.15, 0.2) is 31.3 Å². The molecule has 37 heavy (non-hydrogen) atoms. The van der Waals surface area contributed by atoms with Gasteiger partial charge in [-0.3, -0.25) is 15.0 Å². The number of carbonyl (C=O) groups excluding carboxylic acids is 1. The predicted octanol–water partition coefficient (Wildman–Crippen LogP) is -2.50. The number of benzene rings is 1. The van der Waals surface area contributed by atoms with Gasteiger partial charge < -0.3 is 40.2 Å². The van der Waals surface area contributed by atoms with Gasteiger partial charge in [0.2, 0.25) is 5.84 Å². The third-order valence-electron chi connectivity index (χ3n) is 5.32. The molecule has 1 aromatic carbocycles. The minimum atomic E-state index is -4.17. The number of ether oxygens (including phenoxy) is 1. The number of morpholine rings is 1. The summed E-state index contributed by atoms with van der Waals surface area (Å²) < 4.78 is 9.42. The van der Waals surface area contributed by atoms with Gasteiger partial charge >= 0.3 is 11.9 Å². The number of carbonyl (C=O) groups is 1. The highest BCUT2D eigenvalue weighted by Gasteiger charge is 2.73. The van der Waals surface area contributed by atoms with Gasteiger partial charge in [0.05, 0.1) is 0 Å². The van der Waals surface area contributed by atoms with Crippen molar-refractivity contribution >= 4 is 43.8 Å². The number of furan rings is 1. The lowest BCUT2D eigenvalue weighted by Gasteiger charge is -2.57. The number of aldehydes is 1. The van der Waals surface area contributed by atoms with Crippen LogP contribution in [0.15, 0.2) is 56.0 Å². The van der Waals surface area contributed by atoms with Crippen molar-refractivity contribution in [3.05, 3.63) is 59.2 Å². The van der Waals surface area contributed by atoms with Crippen LogP contribution < -0.4 is 5.43 Å². The summed E-state index contributed by atoms with van der Waals surface area (Å²) in [6.45, 7) is 1.85. The van der Waals surface area contributed by atoms with E-state index >= 15 is 0 Å². The largest absolute Gasteiger partial charge is 0.448 e. The molecule has 1 aromatic heterocycles. The Bertz CT molecular complexity index is 1320. The van der Waals surface area contributed by atoms with E-state index in [0.717, 1.165) is 18.0 Å². The van der Waals surface area contributed by atoms with Crippen LogP contribution in [0.5, 0.6) is 0 Å². The number of nitrogens with one attached hydrogen (secondary N) is 1. The van der Waals surface area contributed by atoms with Crippen LogP contribution in [0.25, 0.3) is 5.57 Å². The first-order valence-electron chi connectivity index (χ1n) is 10.3. The predicted molar refractivity (Wildman–Crippen MR) is 125 cm³/mol. The van der Waals surface area contributed by atoms with E-state index in [-0.39, 0.29) is 17.7 Å². The van der Waals surface area contributed by atoms with Gasteiger partial charge in [-0.25, -0.2) is 14.9 Å². The standard InChI is InChI=1S/C21H20BN5O10/c1-11-3-2-4-12(5-11)13-7-23-10-24-15-6-14(9-28)36-16(15)17(26-25-8-13)27-19(30,31)18(22,29)37-21(34,35)20(27,32)33/h2-10,25,29-35H,1H3/b13-8+,23-7?,24-10?,26-17+. The first-order chi connectivity index (χ1) is 17.2. The molecule has 1 atom stereocenters. The van der Waals surface area contributed by atoms with Gasteiger partial charge in [-0.2, -0.15) is 5.10 Å². The summed E-state index contributed by atoms with van der Waals surface area (Å²) in [5, 5.41) is 76.5. The topological polar surface area (TPSA) is 233 Å². The molecule has 15 nitrogen and oxygen atoms in total. The summed E-state index contributed by atoms with van der Waals surface area (Å²) in [5.41, 5.74) is 0.366. The van der Waals surface area contributed by atoms with Gasteiger partial charge in [0.1, 0.15) is 12.0 Å². The fourth-order valence-corrected chi connectivity index (χ4v) is 3.48. The van der Waals surface area contributed by atoms with E-state index in [0.29, 0.717) is 11.1 Å². The number of aliphatic hydroxyl groups is 7. The summed E-state index contributed by atoms with van der Waals surface area (Å²) >= 11 is 0. The highest BCUT2D eigenvalue weighted by atomic mass is 16.9. The van der Waals surface area contributed by atoms with E-state index in [1.54, 1.807) is 12.1 Å². The fourth-order valence-electron chi connectivity index (χ4n) is 3.48. The Morgan fingerprint density at radius 2 is 1.81 bits per heavy atom. The third kappa shape index (κ3) is 4.48. The number of rotatable bonds is 2. The zero-order valence-corrected chi connectivity index (χ0v) is 18.9. The van der Waals surface area contributed by atoms with E-state index in [1.807, 2.05) is 19.1 Å². The average molecular weight is 513 g/mol. The Kier molecular flexibility index (Phi) is 6.39. The van der Waals surface area contributed by atoms with Gasteiger partial charge in [-0.05, 0) is 12.5 Å². The van der Waals surface area contributed by atoms with Crippen molar-refractivity contribution in [2.75, 3.05) is 0 Å². The van der Waals surface area contributed by atoms with Gasteiger partial charge in [-0.1, -0.05) is 29.8 Å². The normalized spacial score (nSPS) is 27.1. The third-order valence-corrected chi connectivity index (χ3v) is 5.32. The Labute approximate surface area is 209 Å². The average Bonchev–Trinajstić information content (AvgIpc) is 3.19. The summed E-state index contributed by atoms with van der Waals surface area (Å²) in [5.74, 6) is -14.4. The zero-order valence-electron chi connectivity index (χ0n) is 18.9. The second-order valence-electron chi connectivity index (χ2n) is 8.05. The molecule has 4 rings (SSSR count). The van der Waals surface area contributed by atoms with Crippen LogP contribution in [0.3, 0.4) is 0 Å². The van der Waals surface area contributed by atoms with Crippen LogP contribution >= 0.6 is 0 Å². The Balaban J connectivity index is 1.96. The van der Waals surface area contributed by atoms with Crippen LogP contribution in [0.4, 0.5) is 5.69 Å². The second-order valence-corrected chi connectivity index (χ2v) is 8.05. The highest BCUT2D eigenvalue weighted by Crippen LogP contribution is 2.43. The molecule has 0 saturated carbocycles. The van der Waals surface area contributed by atoms with Gasteiger partial charge in [0, 0.05) is 24.1 Å². The number of nitrogens with zero attached hydrogens (tertiary/aromatic N) is 4.